The molecule has 2 N–H and O–H groups in total. The Morgan fingerprint density at radius 1 is 1.00 bits per heavy atom. The van der Waals surface area contributed by atoms with E-state index in [2.05, 4.69) is 46.8 Å². The molecule has 28 heavy (non-hydrogen) atoms. The number of amides is 2. The van der Waals surface area contributed by atoms with Crippen molar-refractivity contribution in [2.75, 3.05) is 11.9 Å². The minimum atomic E-state index is -0.236. The van der Waals surface area contributed by atoms with Crippen molar-refractivity contribution in [3.05, 3.63) is 78.5 Å². The average molecular weight is 371 g/mol. The predicted octanol–water partition coefficient (Wildman–Crippen LogP) is 4.23. The van der Waals surface area contributed by atoms with Gasteiger partial charge in [-0.2, -0.15) is 0 Å². The number of nitrogens with one attached hydrogen (secondary N) is 2. The summed E-state index contributed by atoms with van der Waals surface area (Å²) in [6, 6.07) is 21.2. The van der Waals surface area contributed by atoms with Crippen molar-refractivity contribution in [1.82, 2.24) is 19.9 Å². The third-order valence-electron chi connectivity index (χ3n) is 4.47. The second kappa shape index (κ2) is 7.92. The number of nitrogens with zero attached hydrogens (tertiary/aromatic N) is 3. The fourth-order valence-corrected chi connectivity index (χ4v) is 3.07. The minimum absolute atomic E-state index is 0.236. The maximum Gasteiger partial charge on any atom is 0.319 e. The number of hydrogen-bond donors (Lipinski definition) is 2. The quantitative estimate of drug-likeness (QED) is 0.551. The van der Waals surface area contributed by atoms with Gasteiger partial charge in [-0.15, -0.1) is 0 Å². The van der Waals surface area contributed by atoms with Crippen LogP contribution in [-0.2, 0) is 6.54 Å². The van der Waals surface area contributed by atoms with Crippen LogP contribution in [0.4, 0.5) is 10.5 Å². The topological polar surface area (TPSA) is 71.8 Å². The van der Waals surface area contributed by atoms with E-state index in [1.54, 1.807) is 6.20 Å². The first-order valence-corrected chi connectivity index (χ1v) is 9.19. The van der Waals surface area contributed by atoms with Gasteiger partial charge in [-0.3, -0.25) is 0 Å². The van der Waals surface area contributed by atoms with Crippen LogP contribution in [0.2, 0.25) is 0 Å². The Morgan fingerprint density at radius 2 is 1.79 bits per heavy atom. The molecule has 2 aromatic heterocycles. The summed E-state index contributed by atoms with van der Waals surface area (Å²) in [6.45, 7) is 3.09. The van der Waals surface area contributed by atoms with Crippen molar-refractivity contribution in [1.29, 1.82) is 0 Å². The van der Waals surface area contributed by atoms with Crippen molar-refractivity contribution in [2.24, 2.45) is 0 Å². The summed E-state index contributed by atoms with van der Waals surface area (Å²) < 4.78 is 2.04. The van der Waals surface area contributed by atoms with E-state index >= 15 is 0 Å². The van der Waals surface area contributed by atoms with Crippen LogP contribution in [0.3, 0.4) is 0 Å². The molecule has 2 amide bonds. The van der Waals surface area contributed by atoms with Crippen LogP contribution >= 0.6 is 0 Å². The number of aryl methyl sites for hydroxylation is 1. The van der Waals surface area contributed by atoms with E-state index in [4.69, 9.17) is 4.98 Å². The van der Waals surface area contributed by atoms with Crippen molar-refractivity contribution in [3.63, 3.8) is 0 Å². The molecule has 4 aromatic rings. The fraction of sp³-hybridized carbons (Fsp3) is 0.136. The van der Waals surface area contributed by atoms with Gasteiger partial charge in [0.15, 0.2) is 5.65 Å². The van der Waals surface area contributed by atoms with Crippen LogP contribution < -0.4 is 10.6 Å². The summed E-state index contributed by atoms with van der Waals surface area (Å²) >= 11 is 0. The van der Waals surface area contributed by atoms with Gasteiger partial charge in [0.05, 0.1) is 0 Å². The Hall–Kier alpha value is -3.67. The predicted molar refractivity (Wildman–Crippen MR) is 111 cm³/mol. The monoisotopic (exact) mass is 371 g/mol. The smallest absolute Gasteiger partial charge is 0.319 e. The summed E-state index contributed by atoms with van der Waals surface area (Å²) in [5.74, 6) is 0.846. The zero-order valence-corrected chi connectivity index (χ0v) is 15.6. The first-order valence-electron chi connectivity index (χ1n) is 9.19. The van der Waals surface area contributed by atoms with Gasteiger partial charge >= 0.3 is 6.03 Å². The lowest BCUT2D eigenvalue weighted by molar-refractivity contribution is 0.251. The van der Waals surface area contributed by atoms with Crippen LogP contribution in [0.5, 0.6) is 0 Å². The van der Waals surface area contributed by atoms with Gasteiger partial charge in [0, 0.05) is 30.5 Å². The minimum Gasteiger partial charge on any atom is -0.336 e. The number of hydrogen-bond acceptors (Lipinski definition) is 3. The molecule has 2 heterocycles. The summed E-state index contributed by atoms with van der Waals surface area (Å²) in [5.41, 5.74) is 4.63. The molecule has 0 spiro atoms. The molecule has 0 aliphatic rings. The Labute approximate surface area is 163 Å². The van der Waals surface area contributed by atoms with E-state index in [9.17, 15) is 4.79 Å². The maximum absolute atomic E-state index is 12.1. The zero-order valence-electron chi connectivity index (χ0n) is 15.6. The summed E-state index contributed by atoms with van der Waals surface area (Å²) in [4.78, 5) is 21.4. The lowest BCUT2D eigenvalue weighted by Gasteiger charge is -2.11. The van der Waals surface area contributed by atoms with E-state index in [0.29, 0.717) is 13.1 Å². The van der Waals surface area contributed by atoms with Crippen LogP contribution in [0.15, 0.2) is 72.9 Å². The number of carbonyl (C=O) groups is 1. The highest BCUT2D eigenvalue weighted by atomic mass is 16.2. The molecular formula is C22H21N5O. The number of urea groups is 1. The molecule has 6 nitrogen and oxygen atoms in total. The molecule has 0 fully saturated rings. The van der Waals surface area contributed by atoms with Crippen molar-refractivity contribution < 1.29 is 4.79 Å². The first-order chi connectivity index (χ1) is 13.7. The number of carbonyl (C=O) groups excluding carboxylic acids is 1. The van der Waals surface area contributed by atoms with Crippen LogP contribution in [0.25, 0.3) is 22.6 Å². The highest BCUT2D eigenvalue weighted by Crippen LogP contribution is 2.23. The molecule has 0 unspecified atom stereocenters. The lowest BCUT2D eigenvalue weighted by Crippen LogP contribution is -2.31. The van der Waals surface area contributed by atoms with Crippen molar-refractivity contribution in [2.45, 2.75) is 13.5 Å². The molecule has 0 radical (unpaired) electrons. The van der Waals surface area contributed by atoms with Gasteiger partial charge in [0.25, 0.3) is 0 Å². The van der Waals surface area contributed by atoms with Gasteiger partial charge < -0.3 is 15.2 Å². The standard InChI is InChI=1S/C22H21N5O/c1-16-9-11-17(12-10-16)20-26-19-8-5-13-23-21(19)27(20)15-14-24-22(28)25-18-6-3-2-4-7-18/h2-13H,14-15H2,1H3,(H2,24,25,28). The first kappa shape index (κ1) is 17.7. The number of benzene rings is 2. The third kappa shape index (κ3) is 3.86. The Balaban J connectivity index is 1.52. The van der Waals surface area contributed by atoms with Gasteiger partial charge in [-0.25, -0.2) is 14.8 Å². The molecule has 6 heteroatoms. The zero-order chi connectivity index (χ0) is 19.3. The maximum atomic E-state index is 12.1. The second-order valence-corrected chi connectivity index (χ2v) is 6.55. The Kier molecular flexibility index (Phi) is 5.01. The molecule has 0 aliphatic carbocycles. The molecule has 0 aliphatic heterocycles. The Bertz CT molecular complexity index is 1090. The second-order valence-electron chi connectivity index (χ2n) is 6.55. The highest BCUT2D eigenvalue weighted by molar-refractivity contribution is 5.89. The lowest BCUT2D eigenvalue weighted by atomic mass is 10.1. The molecule has 140 valence electrons. The number of anilines is 1. The molecule has 0 atom stereocenters. The number of imidazole rings is 1. The third-order valence-corrected chi connectivity index (χ3v) is 4.47. The van der Waals surface area contributed by atoms with E-state index in [1.165, 1.54) is 5.56 Å². The van der Waals surface area contributed by atoms with Gasteiger partial charge in [-0.05, 0) is 31.2 Å². The van der Waals surface area contributed by atoms with Crippen molar-refractivity contribution in [3.8, 4) is 11.4 Å². The average Bonchev–Trinajstić information content (AvgIpc) is 3.08. The summed E-state index contributed by atoms with van der Waals surface area (Å²) in [7, 11) is 0. The van der Waals surface area contributed by atoms with Gasteiger partial charge in [0.2, 0.25) is 0 Å². The van der Waals surface area contributed by atoms with Crippen molar-refractivity contribution >= 4 is 22.9 Å². The molecule has 0 bridgehead atoms. The van der Waals surface area contributed by atoms with Gasteiger partial charge in [0.1, 0.15) is 11.3 Å². The highest BCUT2D eigenvalue weighted by Gasteiger charge is 2.13. The van der Waals surface area contributed by atoms with E-state index in [-0.39, 0.29) is 6.03 Å². The van der Waals surface area contributed by atoms with E-state index in [0.717, 1.165) is 28.2 Å². The number of para-hydroxylation sites is 1. The number of rotatable bonds is 5. The largest absolute Gasteiger partial charge is 0.336 e. The number of aromatic nitrogens is 3. The normalized spacial score (nSPS) is 10.8. The number of fused-ring (bicyclic) bond motifs is 1. The number of pyridine rings is 1. The van der Waals surface area contributed by atoms with Crippen LogP contribution in [-0.4, -0.2) is 27.1 Å². The van der Waals surface area contributed by atoms with E-state index in [1.807, 2.05) is 47.0 Å². The summed E-state index contributed by atoms with van der Waals surface area (Å²) in [6.07, 6.45) is 1.76. The van der Waals surface area contributed by atoms with Gasteiger partial charge in [-0.1, -0.05) is 48.0 Å². The van der Waals surface area contributed by atoms with Crippen LogP contribution in [0.1, 0.15) is 5.56 Å². The van der Waals surface area contributed by atoms with E-state index < -0.39 is 0 Å². The Morgan fingerprint density at radius 3 is 2.57 bits per heavy atom. The molecular weight excluding hydrogens is 350 g/mol. The molecule has 4 rings (SSSR count). The molecule has 0 saturated heterocycles. The summed E-state index contributed by atoms with van der Waals surface area (Å²) in [5, 5.41) is 5.72. The molecule has 2 aromatic carbocycles. The fourth-order valence-electron chi connectivity index (χ4n) is 3.07. The van der Waals surface area contributed by atoms with Crippen LogP contribution in [0, 0.1) is 6.92 Å². The molecule has 0 saturated carbocycles. The SMILES string of the molecule is Cc1ccc(-c2nc3cccnc3n2CCNC(=O)Nc2ccccc2)cc1.